The number of nitriles is 1. The van der Waals surface area contributed by atoms with Gasteiger partial charge in [0, 0.05) is 26.2 Å². The van der Waals surface area contributed by atoms with Crippen molar-refractivity contribution in [2.45, 2.75) is 19.9 Å². The summed E-state index contributed by atoms with van der Waals surface area (Å²) in [6.45, 7) is 5.06. The number of ether oxygens (including phenoxy) is 1. The van der Waals surface area contributed by atoms with Crippen molar-refractivity contribution in [3.05, 3.63) is 35.4 Å². The Balaban J connectivity index is 2.67. The van der Waals surface area contributed by atoms with Gasteiger partial charge in [-0.1, -0.05) is 12.1 Å². The molecule has 0 aromatic heterocycles. The van der Waals surface area contributed by atoms with E-state index in [1.807, 2.05) is 38.1 Å². The molecule has 1 amide bonds. The highest BCUT2D eigenvalue weighted by Gasteiger charge is 2.14. The zero-order valence-electron chi connectivity index (χ0n) is 13.7. The van der Waals surface area contributed by atoms with Crippen LogP contribution >= 0.6 is 0 Å². The largest absolute Gasteiger partial charge is 0.381 e. The fraction of sp³-hybridized carbons (Fsp3) is 0.529. The Hall–Kier alpha value is -1.90. The number of hydrogen-bond acceptors (Lipinski definition) is 4. The van der Waals surface area contributed by atoms with Gasteiger partial charge in [-0.15, -0.1) is 0 Å². The third-order valence-electron chi connectivity index (χ3n) is 3.29. The van der Waals surface area contributed by atoms with E-state index < -0.39 is 0 Å². The molecule has 0 bridgehead atoms. The molecule has 22 heavy (non-hydrogen) atoms. The molecule has 0 aliphatic heterocycles. The number of carbonyl (C=O) groups is 1. The fourth-order valence-electron chi connectivity index (χ4n) is 1.98. The molecule has 0 fully saturated rings. The average Bonchev–Trinajstić information content (AvgIpc) is 2.52. The number of likely N-dealkylation sites (N-methyl/N-ethyl adjacent to an activating group) is 1. The van der Waals surface area contributed by atoms with Crippen molar-refractivity contribution in [2.75, 3.05) is 40.4 Å². The van der Waals surface area contributed by atoms with E-state index in [0.29, 0.717) is 38.3 Å². The molecule has 0 saturated heterocycles. The van der Waals surface area contributed by atoms with Crippen LogP contribution in [-0.4, -0.2) is 56.1 Å². The van der Waals surface area contributed by atoms with Crippen molar-refractivity contribution in [1.82, 2.24) is 9.80 Å². The van der Waals surface area contributed by atoms with E-state index in [9.17, 15) is 4.79 Å². The van der Waals surface area contributed by atoms with Crippen LogP contribution < -0.4 is 0 Å². The van der Waals surface area contributed by atoms with Crippen LogP contribution in [0.3, 0.4) is 0 Å². The SMILES string of the molecule is CCOCCC(=O)N(CCN(C)C)Cc1ccc(C#N)cc1. The second kappa shape index (κ2) is 9.93. The van der Waals surface area contributed by atoms with Crippen molar-refractivity contribution >= 4 is 5.91 Å². The van der Waals surface area contributed by atoms with Gasteiger partial charge in [-0.2, -0.15) is 5.26 Å². The topological polar surface area (TPSA) is 56.6 Å². The van der Waals surface area contributed by atoms with Crippen LogP contribution in [0.15, 0.2) is 24.3 Å². The summed E-state index contributed by atoms with van der Waals surface area (Å²) in [6.07, 6.45) is 0.400. The van der Waals surface area contributed by atoms with Crippen molar-refractivity contribution in [3.63, 3.8) is 0 Å². The minimum absolute atomic E-state index is 0.0969. The Morgan fingerprint density at radius 2 is 1.91 bits per heavy atom. The number of benzene rings is 1. The summed E-state index contributed by atoms with van der Waals surface area (Å²) in [5.41, 5.74) is 1.66. The standard InChI is InChI=1S/C17H25N3O2/c1-4-22-12-9-17(21)20(11-10-19(2)3)14-16-7-5-15(13-18)6-8-16/h5-8H,4,9-12,14H2,1-3H3. The maximum atomic E-state index is 12.3. The predicted octanol–water partition coefficient (Wildman–Crippen LogP) is 1.88. The Bertz CT molecular complexity index is 492. The van der Waals surface area contributed by atoms with Crippen LogP contribution in [0.1, 0.15) is 24.5 Å². The number of carbonyl (C=O) groups excluding carboxylic acids is 1. The molecule has 0 aliphatic rings. The van der Waals surface area contributed by atoms with Crippen molar-refractivity contribution < 1.29 is 9.53 Å². The minimum atomic E-state index is 0.0969. The van der Waals surface area contributed by atoms with Gasteiger partial charge in [-0.3, -0.25) is 4.79 Å². The first-order valence-electron chi connectivity index (χ1n) is 7.56. The van der Waals surface area contributed by atoms with Crippen LogP contribution in [0.25, 0.3) is 0 Å². The highest BCUT2D eigenvalue weighted by Crippen LogP contribution is 2.08. The van der Waals surface area contributed by atoms with Gasteiger partial charge in [-0.25, -0.2) is 0 Å². The van der Waals surface area contributed by atoms with Gasteiger partial charge < -0.3 is 14.5 Å². The summed E-state index contributed by atoms with van der Waals surface area (Å²) < 4.78 is 5.27. The lowest BCUT2D eigenvalue weighted by molar-refractivity contribution is -0.133. The Labute approximate surface area is 133 Å². The van der Waals surface area contributed by atoms with Crippen molar-refractivity contribution in [3.8, 4) is 6.07 Å². The van der Waals surface area contributed by atoms with Gasteiger partial charge in [0.05, 0.1) is 24.7 Å². The molecule has 1 aromatic rings. The predicted molar refractivity (Wildman–Crippen MR) is 86.2 cm³/mol. The minimum Gasteiger partial charge on any atom is -0.381 e. The van der Waals surface area contributed by atoms with Gasteiger partial charge in [0.25, 0.3) is 0 Å². The first-order chi connectivity index (χ1) is 10.6. The van der Waals surface area contributed by atoms with E-state index >= 15 is 0 Å². The van der Waals surface area contributed by atoms with E-state index in [1.54, 1.807) is 12.1 Å². The highest BCUT2D eigenvalue weighted by molar-refractivity contribution is 5.76. The quantitative estimate of drug-likeness (QED) is 0.654. The van der Waals surface area contributed by atoms with E-state index in [-0.39, 0.29) is 5.91 Å². The molecular formula is C17H25N3O2. The molecule has 0 radical (unpaired) electrons. The molecule has 1 aromatic carbocycles. The smallest absolute Gasteiger partial charge is 0.225 e. The Kier molecular flexibility index (Phi) is 8.19. The molecule has 5 nitrogen and oxygen atoms in total. The summed E-state index contributed by atoms with van der Waals surface area (Å²) in [6, 6.07) is 9.46. The number of amides is 1. The zero-order chi connectivity index (χ0) is 16.4. The van der Waals surface area contributed by atoms with Crippen molar-refractivity contribution in [1.29, 1.82) is 5.26 Å². The molecule has 0 atom stereocenters. The van der Waals surface area contributed by atoms with E-state index in [0.717, 1.165) is 12.1 Å². The van der Waals surface area contributed by atoms with E-state index in [1.165, 1.54) is 0 Å². The number of nitrogens with zero attached hydrogens (tertiary/aromatic N) is 3. The summed E-state index contributed by atoms with van der Waals surface area (Å²) in [7, 11) is 3.98. The molecule has 0 unspecified atom stereocenters. The van der Waals surface area contributed by atoms with E-state index in [4.69, 9.17) is 10.00 Å². The lowest BCUT2D eigenvalue weighted by Gasteiger charge is -2.24. The third-order valence-corrected chi connectivity index (χ3v) is 3.29. The highest BCUT2D eigenvalue weighted by atomic mass is 16.5. The molecule has 120 valence electrons. The molecule has 1 rings (SSSR count). The van der Waals surface area contributed by atoms with Gasteiger partial charge in [-0.05, 0) is 38.7 Å². The first kappa shape index (κ1) is 18.1. The maximum absolute atomic E-state index is 12.3. The molecule has 5 heteroatoms. The van der Waals surface area contributed by atoms with Gasteiger partial charge >= 0.3 is 0 Å². The summed E-state index contributed by atoms with van der Waals surface area (Å²) in [5.74, 6) is 0.0969. The second-order valence-corrected chi connectivity index (χ2v) is 5.37. The third kappa shape index (κ3) is 6.70. The Morgan fingerprint density at radius 3 is 2.45 bits per heavy atom. The van der Waals surface area contributed by atoms with Crippen LogP contribution in [0.2, 0.25) is 0 Å². The lowest BCUT2D eigenvalue weighted by Crippen LogP contribution is -2.36. The number of rotatable bonds is 9. The molecule has 0 spiro atoms. The lowest BCUT2D eigenvalue weighted by atomic mass is 10.1. The van der Waals surface area contributed by atoms with Crippen LogP contribution in [0.4, 0.5) is 0 Å². The van der Waals surface area contributed by atoms with Gasteiger partial charge in [0.1, 0.15) is 0 Å². The fourth-order valence-corrected chi connectivity index (χ4v) is 1.98. The monoisotopic (exact) mass is 303 g/mol. The second-order valence-electron chi connectivity index (χ2n) is 5.37. The van der Waals surface area contributed by atoms with Crippen molar-refractivity contribution in [2.24, 2.45) is 0 Å². The molecular weight excluding hydrogens is 278 g/mol. The normalized spacial score (nSPS) is 10.5. The maximum Gasteiger partial charge on any atom is 0.225 e. The van der Waals surface area contributed by atoms with Gasteiger partial charge in [0.15, 0.2) is 0 Å². The summed E-state index contributed by atoms with van der Waals surface area (Å²) in [4.78, 5) is 16.2. The molecule has 0 heterocycles. The molecule has 0 aliphatic carbocycles. The van der Waals surface area contributed by atoms with Crippen LogP contribution in [-0.2, 0) is 16.1 Å². The molecule has 0 saturated carbocycles. The van der Waals surface area contributed by atoms with Crippen LogP contribution in [0, 0.1) is 11.3 Å². The first-order valence-corrected chi connectivity index (χ1v) is 7.56. The number of hydrogen-bond donors (Lipinski definition) is 0. The van der Waals surface area contributed by atoms with Crippen LogP contribution in [0.5, 0.6) is 0 Å². The summed E-state index contributed by atoms with van der Waals surface area (Å²) in [5, 5.41) is 8.83. The average molecular weight is 303 g/mol. The molecule has 0 N–H and O–H groups in total. The van der Waals surface area contributed by atoms with E-state index in [2.05, 4.69) is 11.0 Å². The zero-order valence-corrected chi connectivity index (χ0v) is 13.7. The summed E-state index contributed by atoms with van der Waals surface area (Å²) >= 11 is 0. The van der Waals surface area contributed by atoms with Gasteiger partial charge in [0.2, 0.25) is 5.91 Å². The Morgan fingerprint density at radius 1 is 1.23 bits per heavy atom.